The molecule has 1 aromatic rings. The average molecular weight is 381 g/mol. The molecular weight excluding hydrogens is 355 g/mol. The van der Waals surface area contributed by atoms with E-state index in [2.05, 4.69) is 20.3 Å². The highest BCUT2D eigenvalue weighted by Crippen LogP contribution is 2.08. The number of piperazine rings is 1. The van der Waals surface area contributed by atoms with Gasteiger partial charge >= 0.3 is 0 Å². The SMILES string of the molecule is Cl.Cl.O=C(CCN1CCOC(Cn2cncn2)C1)N1CCNCC1. The Balaban J connectivity index is 0.00000144. The molecule has 3 heterocycles. The number of aromatic nitrogens is 3. The number of carbonyl (C=O) groups excluding carboxylic acids is 1. The lowest BCUT2D eigenvalue weighted by Gasteiger charge is -2.33. The zero-order valence-corrected chi connectivity index (χ0v) is 15.3. The first-order valence-electron chi connectivity index (χ1n) is 7.96. The standard InChI is InChI=1S/C14H24N6O2.2ClH/c21-14(19-5-2-15-3-6-19)1-4-18-7-8-22-13(9-18)10-20-12-16-11-17-20;;/h11-13,15H,1-10H2;2*1H. The van der Waals surface area contributed by atoms with Crippen molar-refractivity contribution in [1.82, 2.24) is 29.9 Å². The van der Waals surface area contributed by atoms with E-state index >= 15 is 0 Å². The van der Waals surface area contributed by atoms with Gasteiger partial charge in [0.15, 0.2) is 0 Å². The van der Waals surface area contributed by atoms with Crippen LogP contribution in [0.4, 0.5) is 0 Å². The van der Waals surface area contributed by atoms with Gasteiger partial charge in [0.2, 0.25) is 5.91 Å². The van der Waals surface area contributed by atoms with E-state index in [4.69, 9.17) is 4.74 Å². The molecule has 1 aromatic heterocycles. The van der Waals surface area contributed by atoms with E-state index in [1.54, 1.807) is 11.0 Å². The molecule has 8 nitrogen and oxygen atoms in total. The van der Waals surface area contributed by atoms with Crippen molar-refractivity contribution in [2.45, 2.75) is 19.1 Å². The second-order valence-electron chi connectivity index (χ2n) is 5.79. The van der Waals surface area contributed by atoms with Gasteiger partial charge in [-0.15, -0.1) is 24.8 Å². The van der Waals surface area contributed by atoms with Crippen LogP contribution in [0.15, 0.2) is 12.7 Å². The highest BCUT2D eigenvalue weighted by Gasteiger charge is 2.23. The van der Waals surface area contributed by atoms with Gasteiger partial charge in [-0.1, -0.05) is 0 Å². The number of rotatable bonds is 5. The molecule has 10 heteroatoms. The Morgan fingerprint density at radius 2 is 2.04 bits per heavy atom. The van der Waals surface area contributed by atoms with Crippen molar-refractivity contribution in [3.63, 3.8) is 0 Å². The molecule has 0 saturated carbocycles. The number of hydrogen-bond acceptors (Lipinski definition) is 6. The fourth-order valence-electron chi connectivity index (χ4n) is 2.96. The summed E-state index contributed by atoms with van der Waals surface area (Å²) in [5.41, 5.74) is 0. The Bertz CT molecular complexity index is 470. The molecule has 2 fully saturated rings. The van der Waals surface area contributed by atoms with E-state index < -0.39 is 0 Å². The molecule has 1 unspecified atom stereocenters. The number of nitrogens with zero attached hydrogens (tertiary/aromatic N) is 5. The van der Waals surface area contributed by atoms with Gasteiger partial charge in [-0.2, -0.15) is 5.10 Å². The molecule has 138 valence electrons. The van der Waals surface area contributed by atoms with Crippen molar-refractivity contribution in [2.75, 3.05) is 52.4 Å². The minimum Gasteiger partial charge on any atom is -0.374 e. The van der Waals surface area contributed by atoms with E-state index in [0.29, 0.717) is 19.6 Å². The fraction of sp³-hybridized carbons (Fsp3) is 0.786. The first-order chi connectivity index (χ1) is 10.8. The van der Waals surface area contributed by atoms with Crippen molar-refractivity contribution in [2.24, 2.45) is 0 Å². The van der Waals surface area contributed by atoms with Crippen LogP contribution in [0.2, 0.25) is 0 Å². The summed E-state index contributed by atoms with van der Waals surface area (Å²) in [5, 5.41) is 7.38. The van der Waals surface area contributed by atoms with E-state index in [9.17, 15) is 4.79 Å². The molecule has 2 saturated heterocycles. The van der Waals surface area contributed by atoms with Crippen LogP contribution in [-0.2, 0) is 16.1 Å². The van der Waals surface area contributed by atoms with Crippen molar-refractivity contribution >= 4 is 30.7 Å². The highest BCUT2D eigenvalue weighted by molar-refractivity contribution is 5.85. The van der Waals surface area contributed by atoms with Crippen LogP contribution in [0.25, 0.3) is 0 Å². The smallest absolute Gasteiger partial charge is 0.223 e. The summed E-state index contributed by atoms with van der Waals surface area (Å²) in [4.78, 5) is 20.4. The number of nitrogens with one attached hydrogen (secondary N) is 1. The van der Waals surface area contributed by atoms with Crippen LogP contribution in [-0.4, -0.2) is 89.0 Å². The van der Waals surface area contributed by atoms with Gasteiger partial charge in [-0.05, 0) is 0 Å². The van der Waals surface area contributed by atoms with E-state index in [-0.39, 0.29) is 36.8 Å². The van der Waals surface area contributed by atoms with Crippen LogP contribution < -0.4 is 5.32 Å². The predicted octanol–water partition coefficient (Wildman–Crippen LogP) is -0.356. The molecule has 0 aromatic carbocycles. The minimum atomic E-state index is 0. The first kappa shape index (κ1) is 21.1. The molecule has 1 atom stereocenters. The van der Waals surface area contributed by atoms with Crippen LogP contribution >= 0.6 is 24.8 Å². The van der Waals surface area contributed by atoms with Gasteiger partial charge in [0.1, 0.15) is 12.7 Å². The minimum absolute atomic E-state index is 0. The Morgan fingerprint density at radius 3 is 2.75 bits per heavy atom. The number of morpholine rings is 1. The quantitative estimate of drug-likeness (QED) is 0.751. The van der Waals surface area contributed by atoms with Crippen LogP contribution in [0, 0.1) is 0 Å². The summed E-state index contributed by atoms with van der Waals surface area (Å²) in [6, 6.07) is 0. The Hall–Kier alpha value is -0.930. The molecule has 0 aliphatic carbocycles. The Kier molecular flexibility index (Phi) is 9.53. The number of halogens is 2. The number of hydrogen-bond donors (Lipinski definition) is 1. The second kappa shape index (κ2) is 10.8. The Labute approximate surface area is 154 Å². The maximum Gasteiger partial charge on any atom is 0.223 e. The zero-order valence-electron chi connectivity index (χ0n) is 13.7. The molecule has 3 rings (SSSR count). The summed E-state index contributed by atoms with van der Waals surface area (Å²) in [7, 11) is 0. The van der Waals surface area contributed by atoms with Crippen molar-refractivity contribution < 1.29 is 9.53 Å². The third kappa shape index (κ3) is 6.18. The molecule has 0 spiro atoms. The summed E-state index contributed by atoms with van der Waals surface area (Å²) in [5.74, 6) is 0.265. The van der Waals surface area contributed by atoms with Gasteiger partial charge in [0, 0.05) is 52.2 Å². The monoisotopic (exact) mass is 380 g/mol. The number of ether oxygens (including phenoxy) is 1. The van der Waals surface area contributed by atoms with Crippen molar-refractivity contribution in [3.8, 4) is 0 Å². The molecule has 1 amide bonds. The molecule has 2 aliphatic heterocycles. The average Bonchev–Trinajstić information content (AvgIpc) is 3.07. The van der Waals surface area contributed by atoms with Crippen molar-refractivity contribution in [1.29, 1.82) is 0 Å². The third-order valence-electron chi connectivity index (χ3n) is 4.19. The predicted molar refractivity (Wildman–Crippen MR) is 94.8 cm³/mol. The van der Waals surface area contributed by atoms with Crippen LogP contribution in [0.5, 0.6) is 0 Å². The van der Waals surface area contributed by atoms with Gasteiger partial charge in [-0.3, -0.25) is 14.4 Å². The van der Waals surface area contributed by atoms with Crippen LogP contribution in [0.3, 0.4) is 0 Å². The van der Waals surface area contributed by atoms with E-state index in [1.807, 2.05) is 4.90 Å². The number of carbonyl (C=O) groups is 1. The number of amides is 1. The molecular formula is C14H26Cl2N6O2. The maximum atomic E-state index is 12.2. The molecule has 0 bridgehead atoms. The summed E-state index contributed by atoms with van der Waals surface area (Å²) < 4.78 is 7.56. The zero-order chi connectivity index (χ0) is 15.2. The highest BCUT2D eigenvalue weighted by atomic mass is 35.5. The van der Waals surface area contributed by atoms with Gasteiger partial charge in [0.05, 0.1) is 19.3 Å². The molecule has 0 radical (unpaired) electrons. The molecule has 24 heavy (non-hydrogen) atoms. The Morgan fingerprint density at radius 1 is 1.25 bits per heavy atom. The topological polar surface area (TPSA) is 75.5 Å². The van der Waals surface area contributed by atoms with Crippen LogP contribution in [0.1, 0.15) is 6.42 Å². The van der Waals surface area contributed by atoms with Gasteiger partial charge in [0.25, 0.3) is 0 Å². The van der Waals surface area contributed by atoms with Gasteiger partial charge in [-0.25, -0.2) is 4.98 Å². The van der Waals surface area contributed by atoms with Crippen molar-refractivity contribution in [3.05, 3.63) is 12.7 Å². The summed E-state index contributed by atoms with van der Waals surface area (Å²) in [6.45, 7) is 7.43. The summed E-state index contributed by atoms with van der Waals surface area (Å²) in [6.07, 6.45) is 3.95. The second-order valence-corrected chi connectivity index (χ2v) is 5.79. The van der Waals surface area contributed by atoms with Gasteiger partial charge < -0.3 is 15.0 Å². The fourth-order valence-corrected chi connectivity index (χ4v) is 2.96. The maximum absolute atomic E-state index is 12.2. The molecule has 2 aliphatic rings. The third-order valence-corrected chi connectivity index (χ3v) is 4.19. The normalized spacial score (nSPS) is 21.7. The molecule has 1 N–H and O–H groups in total. The summed E-state index contributed by atoms with van der Waals surface area (Å²) >= 11 is 0. The van der Waals surface area contributed by atoms with E-state index in [1.165, 1.54) is 6.33 Å². The first-order valence-corrected chi connectivity index (χ1v) is 7.96. The lowest BCUT2D eigenvalue weighted by Crippen LogP contribution is -2.48. The largest absolute Gasteiger partial charge is 0.374 e. The van der Waals surface area contributed by atoms with E-state index in [0.717, 1.165) is 45.8 Å². The lowest BCUT2D eigenvalue weighted by molar-refractivity contribution is -0.132. The lowest BCUT2D eigenvalue weighted by atomic mass is 10.2.